The summed E-state index contributed by atoms with van der Waals surface area (Å²) in [4.78, 5) is 4.08. The van der Waals surface area contributed by atoms with Gasteiger partial charge in [0.25, 0.3) is 0 Å². The highest BCUT2D eigenvalue weighted by Crippen LogP contribution is 2.15. The minimum atomic E-state index is 0.0590. The minimum Gasteiger partial charge on any atom is -0.370 e. The second-order valence-corrected chi connectivity index (χ2v) is 3.28. The smallest absolute Gasteiger partial charge is 0.189 e. The van der Waals surface area contributed by atoms with Crippen molar-refractivity contribution in [2.45, 2.75) is 25.3 Å². The predicted molar refractivity (Wildman–Crippen MR) is 46.3 cm³/mol. The molecular formula is C7H16N4. The zero-order valence-corrected chi connectivity index (χ0v) is 6.93. The number of aliphatic imine (C=N–C) groups is 1. The molecular weight excluding hydrogens is 140 g/mol. The molecule has 0 aromatic carbocycles. The van der Waals surface area contributed by atoms with Gasteiger partial charge in [0.05, 0.1) is 12.1 Å². The Morgan fingerprint density at radius 2 is 2.45 bits per heavy atom. The molecule has 0 aromatic heterocycles. The Morgan fingerprint density at radius 3 is 2.91 bits per heavy atom. The van der Waals surface area contributed by atoms with Gasteiger partial charge in [0.2, 0.25) is 0 Å². The Bertz CT molecular complexity index is 166. The average molecular weight is 156 g/mol. The molecule has 0 saturated carbocycles. The molecule has 0 amide bonds. The first-order chi connectivity index (χ1) is 5.16. The lowest BCUT2D eigenvalue weighted by Crippen LogP contribution is -2.45. The molecule has 0 aromatic rings. The monoisotopic (exact) mass is 156 g/mol. The Kier molecular flexibility index (Phi) is 2.34. The molecule has 1 atom stereocenters. The highest BCUT2D eigenvalue weighted by atomic mass is 15.2. The van der Waals surface area contributed by atoms with Crippen molar-refractivity contribution in [3.8, 4) is 0 Å². The van der Waals surface area contributed by atoms with E-state index in [1.165, 1.54) is 0 Å². The largest absolute Gasteiger partial charge is 0.370 e. The third-order valence-electron chi connectivity index (χ3n) is 1.96. The number of hydrogen-bond donors (Lipinski definition) is 3. The van der Waals surface area contributed by atoms with Crippen LogP contribution >= 0.6 is 0 Å². The van der Waals surface area contributed by atoms with Gasteiger partial charge in [0, 0.05) is 0 Å². The number of rotatable bonds is 3. The van der Waals surface area contributed by atoms with Gasteiger partial charge in [-0.25, -0.2) is 0 Å². The van der Waals surface area contributed by atoms with Gasteiger partial charge < -0.3 is 16.8 Å². The molecule has 1 aliphatic heterocycles. The standard InChI is InChI=1S/C7H16N4/c1-7(3-2-4-8)5-10-6(9)11-7/h2-5,8H2,1H3,(H3,9,10,11). The van der Waals surface area contributed by atoms with E-state index >= 15 is 0 Å². The van der Waals surface area contributed by atoms with Gasteiger partial charge >= 0.3 is 0 Å². The molecule has 1 heterocycles. The second kappa shape index (κ2) is 3.09. The van der Waals surface area contributed by atoms with Crippen LogP contribution in [0.4, 0.5) is 0 Å². The van der Waals surface area contributed by atoms with Crippen LogP contribution in [0.2, 0.25) is 0 Å². The molecule has 1 aliphatic rings. The Hall–Kier alpha value is -0.770. The Labute approximate surface area is 67.0 Å². The van der Waals surface area contributed by atoms with Crippen molar-refractivity contribution in [1.29, 1.82) is 0 Å². The number of nitrogens with one attached hydrogen (secondary N) is 1. The van der Waals surface area contributed by atoms with Crippen molar-refractivity contribution in [2.75, 3.05) is 13.1 Å². The summed E-state index contributed by atoms with van der Waals surface area (Å²) in [6, 6.07) is 0. The molecule has 0 fully saturated rings. The lowest BCUT2D eigenvalue weighted by molar-refractivity contribution is 0.410. The molecule has 64 valence electrons. The second-order valence-electron chi connectivity index (χ2n) is 3.28. The van der Waals surface area contributed by atoms with Crippen molar-refractivity contribution in [3.63, 3.8) is 0 Å². The highest BCUT2D eigenvalue weighted by molar-refractivity contribution is 5.80. The van der Waals surface area contributed by atoms with E-state index in [0.717, 1.165) is 25.9 Å². The van der Waals surface area contributed by atoms with E-state index in [4.69, 9.17) is 11.5 Å². The quantitative estimate of drug-likeness (QED) is 0.511. The molecule has 4 heteroatoms. The summed E-state index contributed by atoms with van der Waals surface area (Å²) < 4.78 is 0. The van der Waals surface area contributed by atoms with Crippen LogP contribution in [0.3, 0.4) is 0 Å². The number of guanidine groups is 1. The maximum absolute atomic E-state index is 5.49. The van der Waals surface area contributed by atoms with Crippen LogP contribution in [-0.2, 0) is 0 Å². The minimum absolute atomic E-state index is 0.0590. The first-order valence-electron chi connectivity index (χ1n) is 3.94. The van der Waals surface area contributed by atoms with E-state index < -0.39 is 0 Å². The predicted octanol–water partition coefficient (Wildman–Crippen LogP) is -0.598. The number of nitrogens with two attached hydrogens (primary N) is 2. The molecule has 0 spiro atoms. The molecule has 1 unspecified atom stereocenters. The Balaban J connectivity index is 2.33. The molecule has 4 nitrogen and oxygen atoms in total. The molecule has 11 heavy (non-hydrogen) atoms. The molecule has 0 saturated heterocycles. The molecule has 0 radical (unpaired) electrons. The summed E-state index contributed by atoms with van der Waals surface area (Å²) in [5, 5.41) is 3.14. The van der Waals surface area contributed by atoms with Crippen molar-refractivity contribution >= 4 is 5.96 Å². The summed E-state index contributed by atoms with van der Waals surface area (Å²) in [7, 11) is 0. The van der Waals surface area contributed by atoms with Crippen LogP contribution in [0.5, 0.6) is 0 Å². The summed E-state index contributed by atoms with van der Waals surface area (Å²) in [6.45, 7) is 3.63. The van der Waals surface area contributed by atoms with Crippen LogP contribution in [0, 0.1) is 0 Å². The SMILES string of the molecule is CC1(CCCN)CN=C(N)N1. The third kappa shape index (κ3) is 2.08. The van der Waals surface area contributed by atoms with E-state index in [2.05, 4.69) is 17.2 Å². The fraction of sp³-hybridized carbons (Fsp3) is 0.857. The summed E-state index contributed by atoms with van der Waals surface area (Å²) >= 11 is 0. The highest BCUT2D eigenvalue weighted by Gasteiger charge is 2.27. The lowest BCUT2D eigenvalue weighted by atomic mass is 9.97. The van der Waals surface area contributed by atoms with Gasteiger partial charge in [-0.3, -0.25) is 4.99 Å². The summed E-state index contributed by atoms with van der Waals surface area (Å²) in [5.74, 6) is 0.560. The fourth-order valence-corrected chi connectivity index (χ4v) is 1.28. The van der Waals surface area contributed by atoms with Gasteiger partial charge in [0.15, 0.2) is 5.96 Å². The van der Waals surface area contributed by atoms with E-state index in [-0.39, 0.29) is 5.54 Å². The van der Waals surface area contributed by atoms with Gasteiger partial charge in [0.1, 0.15) is 0 Å². The summed E-state index contributed by atoms with van der Waals surface area (Å²) in [6.07, 6.45) is 2.06. The fourth-order valence-electron chi connectivity index (χ4n) is 1.28. The van der Waals surface area contributed by atoms with Crippen molar-refractivity contribution < 1.29 is 0 Å². The van der Waals surface area contributed by atoms with Gasteiger partial charge in [-0.1, -0.05) is 0 Å². The van der Waals surface area contributed by atoms with Crippen LogP contribution in [0.25, 0.3) is 0 Å². The van der Waals surface area contributed by atoms with Gasteiger partial charge in [-0.15, -0.1) is 0 Å². The third-order valence-corrected chi connectivity index (χ3v) is 1.96. The lowest BCUT2D eigenvalue weighted by Gasteiger charge is -2.23. The normalized spacial score (nSPS) is 29.8. The van der Waals surface area contributed by atoms with Crippen LogP contribution in [0.15, 0.2) is 4.99 Å². The number of nitrogens with zero attached hydrogens (tertiary/aromatic N) is 1. The first-order valence-corrected chi connectivity index (χ1v) is 3.94. The molecule has 5 N–H and O–H groups in total. The van der Waals surface area contributed by atoms with E-state index in [0.29, 0.717) is 5.96 Å². The number of hydrogen-bond acceptors (Lipinski definition) is 4. The topological polar surface area (TPSA) is 76.4 Å². The van der Waals surface area contributed by atoms with Crippen LogP contribution in [-0.4, -0.2) is 24.6 Å². The van der Waals surface area contributed by atoms with E-state index in [1.54, 1.807) is 0 Å². The average Bonchev–Trinajstić information content (AvgIpc) is 2.28. The van der Waals surface area contributed by atoms with Crippen LogP contribution in [0.1, 0.15) is 19.8 Å². The van der Waals surface area contributed by atoms with E-state index in [9.17, 15) is 0 Å². The van der Waals surface area contributed by atoms with Gasteiger partial charge in [-0.2, -0.15) is 0 Å². The van der Waals surface area contributed by atoms with Crippen LogP contribution < -0.4 is 16.8 Å². The first kappa shape index (κ1) is 8.33. The molecule has 0 bridgehead atoms. The maximum atomic E-state index is 5.49. The zero-order valence-electron chi connectivity index (χ0n) is 6.93. The zero-order chi connectivity index (χ0) is 8.32. The summed E-state index contributed by atoms with van der Waals surface area (Å²) in [5.41, 5.74) is 11.0. The van der Waals surface area contributed by atoms with Crippen molar-refractivity contribution in [1.82, 2.24) is 5.32 Å². The Morgan fingerprint density at radius 1 is 1.73 bits per heavy atom. The van der Waals surface area contributed by atoms with E-state index in [1.807, 2.05) is 0 Å². The maximum Gasteiger partial charge on any atom is 0.189 e. The molecule has 1 rings (SSSR count). The molecule has 0 aliphatic carbocycles. The van der Waals surface area contributed by atoms with Gasteiger partial charge in [-0.05, 0) is 26.3 Å². The van der Waals surface area contributed by atoms with Crippen molar-refractivity contribution in [2.24, 2.45) is 16.5 Å². The van der Waals surface area contributed by atoms with Crippen molar-refractivity contribution in [3.05, 3.63) is 0 Å².